The van der Waals surface area contributed by atoms with Crippen LogP contribution in [-0.2, 0) is 9.59 Å². The van der Waals surface area contributed by atoms with Crippen molar-refractivity contribution in [1.82, 2.24) is 15.6 Å². The second-order valence-corrected chi connectivity index (χ2v) is 7.73. The summed E-state index contributed by atoms with van der Waals surface area (Å²) in [5, 5.41) is 6.67. The van der Waals surface area contributed by atoms with Gasteiger partial charge in [-0.2, -0.15) is 5.10 Å². The van der Waals surface area contributed by atoms with E-state index in [2.05, 4.69) is 15.8 Å². The molecule has 7 nitrogen and oxygen atoms in total. The number of urea groups is 1. The molecule has 0 aliphatic carbocycles. The average Bonchev–Trinajstić information content (AvgIpc) is 2.78. The van der Waals surface area contributed by atoms with Crippen LogP contribution < -0.4 is 10.7 Å². The number of amides is 4. The van der Waals surface area contributed by atoms with Gasteiger partial charge in [-0.05, 0) is 32.0 Å². The summed E-state index contributed by atoms with van der Waals surface area (Å²) in [5.41, 5.74) is 2.77. The summed E-state index contributed by atoms with van der Waals surface area (Å²) in [5.74, 6) is -0.342. The van der Waals surface area contributed by atoms with Crippen LogP contribution in [0.3, 0.4) is 0 Å². The molecule has 1 aromatic carbocycles. The third-order valence-corrected chi connectivity index (χ3v) is 5.25. The van der Waals surface area contributed by atoms with E-state index in [0.29, 0.717) is 17.7 Å². The smallest absolute Gasteiger partial charge is 0.324 e. The molecular formula is C17H19FN4O3S. The molecule has 26 heavy (non-hydrogen) atoms. The van der Waals surface area contributed by atoms with E-state index in [0.717, 1.165) is 15.5 Å². The van der Waals surface area contributed by atoms with Crippen LogP contribution in [0.15, 0.2) is 28.2 Å². The van der Waals surface area contributed by atoms with Crippen LogP contribution in [0, 0.1) is 5.82 Å². The van der Waals surface area contributed by atoms with Gasteiger partial charge >= 0.3 is 6.03 Å². The minimum atomic E-state index is -0.957. The lowest BCUT2D eigenvalue weighted by Crippen LogP contribution is -2.40. The Morgan fingerprint density at radius 2 is 2.19 bits per heavy atom. The van der Waals surface area contributed by atoms with Crippen LogP contribution in [0.4, 0.5) is 9.18 Å². The van der Waals surface area contributed by atoms with E-state index in [1.54, 1.807) is 31.7 Å². The lowest BCUT2D eigenvalue weighted by molar-refractivity contribution is -0.130. The Hall–Kier alpha value is -2.42. The number of nitrogens with zero attached hydrogens (tertiary/aromatic N) is 2. The van der Waals surface area contributed by atoms with Crippen molar-refractivity contribution in [2.75, 3.05) is 12.3 Å². The highest BCUT2D eigenvalue weighted by Gasteiger charge is 2.43. The Morgan fingerprint density at radius 3 is 2.88 bits per heavy atom. The second kappa shape index (κ2) is 7.06. The molecule has 0 saturated carbocycles. The maximum Gasteiger partial charge on any atom is 0.325 e. The van der Waals surface area contributed by atoms with Crippen LogP contribution in [0.1, 0.15) is 32.3 Å². The van der Waals surface area contributed by atoms with Crippen molar-refractivity contribution in [3.63, 3.8) is 0 Å². The summed E-state index contributed by atoms with van der Waals surface area (Å²) in [6, 6.07) is 3.99. The van der Waals surface area contributed by atoms with Gasteiger partial charge in [-0.25, -0.2) is 14.6 Å². The van der Waals surface area contributed by atoms with Crippen molar-refractivity contribution in [1.29, 1.82) is 0 Å². The van der Waals surface area contributed by atoms with E-state index in [-0.39, 0.29) is 24.7 Å². The first-order valence-electron chi connectivity index (χ1n) is 8.20. The van der Waals surface area contributed by atoms with E-state index in [4.69, 9.17) is 0 Å². The Balaban J connectivity index is 1.60. The third kappa shape index (κ3) is 3.72. The predicted octanol–water partition coefficient (Wildman–Crippen LogP) is 1.86. The van der Waals surface area contributed by atoms with Gasteiger partial charge in [0.1, 0.15) is 11.4 Å². The number of hydrogen-bond acceptors (Lipinski definition) is 5. The first-order valence-corrected chi connectivity index (χ1v) is 9.19. The quantitative estimate of drug-likeness (QED) is 0.618. The molecule has 3 rings (SSSR count). The Labute approximate surface area is 154 Å². The number of hydrazone groups is 1. The molecule has 0 bridgehead atoms. The summed E-state index contributed by atoms with van der Waals surface area (Å²) in [7, 11) is 0. The van der Waals surface area contributed by atoms with Gasteiger partial charge in [0.2, 0.25) is 5.91 Å². The van der Waals surface area contributed by atoms with Gasteiger partial charge in [-0.15, -0.1) is 11.8 Å². The first-order chi connectivity index (χ1) is 12.3. The molecule has 1 aromatic rings. The SMILES string of the molecule is CC1(C)NC(=O)N(CCC(=O)N/N=C2/CCSc3ccc(F)cc32)C1=O. The van der Waals surface area contributed by atoms with Crippen molar-refractivity contribution in [2.45, 2.75) is 37.1 Å². The van der Waals surface area contributed by atoms with Crippen LogP contribution in [0.5, 0.6) is 0 Å². The van der Waals surface area contributed by atoms with Gasteiger partial charge in [0.15, 0.2) is 0 Å². The topological polar surface area (TPSA) is 90.9 Å². The van der Waals surface area contributed by atoms with Crippen LogP contribution in [-0.4, -0.2) is 46.3 Å². The van der Waals surface area contributed by atoms with Gasteiger partial charge in [0.05, 0.1) is 5.71 Å². The van der Waals surface area contributed by atoms with E-state index in [9.17, 15) is 18.8 Å². The van der Waals surface area contributed by atoms with Crippen molar-refractivity contribution < 1.29 is 18.8 Å². The fourth-order valence-corrected chi connectivity index (χ4v) is 3.79. The normalized spacial score (nSPS) is 20.1. The van der Waals surface area contributed by atoms with Gasteiger partial charge in [-0.3, -0.25) is 14.5 Å². The monoisotopic (exact) mass is 378 g/mol. The number of fused-ring (bicyclic) bond motifs is 1. The average molecular weight is 378 g/mol. The molecule has 0 aromatic heterocycles. The van der Waals surface area contributed by atoms with Gasteiger partial charge in [-0.1, -0.05) is 0 Å². The second-order valence-electron chi connectivity index (χ2n) is 6.59. The Kier molecular flexibility index (Phi) is 4.99. The summed E-state index contributed by atoms with van der Waals surface area (Å²) >= 11 is 1.61. The van der Waals surface area contributed by atoms with E-state index < -0.39 is 17.5 Å². The number of carbonyl (C=O) groups excluding carboxylic acids is 3. The number of nitrogens with one attached hydrogen (secondary N) is 2. The zero-order valence-corrected chi connectivity index (χ0v) is 15.3. The summed E-state index contributed by atoms with van der Waals surface area (Å²) in [6.45, 7) is 3.19. The molecule has 138 valence electrons. The molecule has 0 spiro atoms. The van der Waals surface area contributed by atoms with Crippen LogP contribution in [0.25, 0.3) is 0 Å². The molecular weight excluding hydrogens is 359 g/mol. The maximum absolute atomic E-state index is 13.5. The van der Waals surface area contributed by atoms with Gasteiger partial charge < -0.3 is 5.32 Å². The van der Waals surface area contributed by atoms with Crippen LogP contribution in [0.2, 0.25) is 0 Å². The van der Waals surface area contributed by atoms with E-state index in [1.807, 2.05) is 0 Å². The van der Waals surface area contributed by atoms with E-state index in [1.165, 1.54) is 12.1 Å². The Bertz CT molecular complexity index is 809. The molecule has 2 aliphatic rings. The molecule has 2 heterocycles. The number of halogens is 1. The maximum atomic E-state index is 13.5. The molecule has 0 unspecified atom stereocenters. The molecule has 0 atom stereocenters. The van der Waals surface area contributed by atoms with Crippen LogP contribution >= 0.6 is 11.8 Å². The van der Waals surface area contributed by atoms with Crippen molar-refractivity contribution in [3.8, 4) is 0 Å². The zero-order chi connectivity index (χ0) is 18.9. The van der Waals surface area contributed by atoms with E-state index >= 15 is 0 Å². The standard InChI is InChI=1S/C17H19FN4O3S/c1-17(2)15(24)22(16(25)19-17)7-5-14(23)21-20-12-6-8-26-13-4-3-10(18)9-11(12)13/h3-4,9H,5-8H2,1-2H3,(H,19,25)(H,21,23)/b20-12-. The molecule has 4 amide bonds. The molecule has 9 heteroatoms. The molecule has 2 N–H and O–H groups in total. The lowest BCUT2D eigenvalue weighted by Gasteiger charge is -2.17. The highest BCUT2D eigenvalue weighted by Crippen LogP contribution is 2.30. The van der Waals surface area contributed by atoms with Crippen molar-refractivity contribution >= 4 is 35.3 Å². The molecule has 1 fully saturated rings. The predicted molar refractivity (Wildman–Crippen MR) is 95.4 cm³/mol. The minimum absolute atomic E-state index is 0.0220. The minimum Gasteiger partial charge on any atom is -0.324 e. The summed E-state index contributed by atoms with van der Waals surface area (Å²) < 4.78 is 13.5. The zero-order valence-electron chi connectivity index (χ0n) is 14.5. The largest absolute Gasteiger partial charge is 0.325 e. The van der Waals surface area contributed by atoms with Gasteiger partial charge in [0, 0.05) is 35.6 Å². The fraction of sp³-hybridized carbons (Fsp3) is 0.412. The summed E-state index contributed by atoms with van der Waals surface area (Å²) in [6.07, 6.45) is 0.555. The fourth-order valence-electron chi connectivity index (χ4n) is 2.78. The molecule has 1 saturated heterocycles. The number of hydrogen-bond donors (Lipinski definition) is 2. The van der Waals surface area contributed by atoms with Gasteiger partial charge in [0.25, 0.3) is 5.91 Å². The van der Waals surface area contributed by atoms with Crippen molar-refractivity contribution in [2.24, 2.45) is 5.10 Å². The number of imide groups is 1. The highest BCUT2D eigenvalue weighted by molar-refractivity contribution is 7.99. The molecule has 0 radical (unpaired) electrons. The number of carbonyl (C=O) groups is 3. The summed E-state index contributed by atoms with van der Waals surface area (Å²) in [4.78, 5) is 37.8. The number of benzene rings is 1. The number of rotatable bonds is 4. The third-order valence-electron chi connectivity index (χ3n) is 4.17. The lowest BCUT2D eigenvalue weighted by atomic mass is 10.1. The number of thioether (sulfide) groups is 1. The Morgan fingerprint density at radius 1 is 1.42 bits per heavy atom. The highest BCUT2D eigenvalue weighted by atomic mass is 32.2. The van der Waals surface area contributed by atoms with Crippen molar-refractivity contribution in [3.05, 3.63) is 29.6 Å². The first kappa shape index (κ1) is 18.4. The molecule has 2 aliphatic heterocycles.